The number of carbonyl (C=O) groups excluding carboxylic acids is 2. The average molecular weight is 921 g/mol. The Hall–Kier alpha value is -3.55. The van der Waals surface area contributed by atoms with E-state index in [0.717, 1.165) is 81.3 Å². The predicted molar refractivity (Wildman–Crippen MR) is 258 cm³/mol. The standard InChI is InChI=1S/C46H68N6O6S2Si2/c1-45(2,3)57-43(53)51-17-13-15-35(51)41-47-33(27-49(41)29-55-19-21-61(7,8)9)39-25-31-23-38-32(24-37(31)59-39)26-40(60-38)34-28-50(30-56-20-22-62(10,11)12)42(48-34)36-16-14-18-52(36)44(54)58-46(4,5)6/h23-28,35-36H,13-22,29-30H2,1-12H3/t35-,36-/m0/s1. The molecule has 2 aliphatic heterocycles. The Balaban J connectivity index is 1.17. The smallest absolute Gasteiger partial charge is 0.410 e. The predicted octanol–water partition coefficient (Wildman–Crippen LogP) is 12.6. The Labute approximate surface area is 377 Å². The van der Waals surface area contributed by atoms with Crippen molar-refractivity contribution in [3.63, 3.8) is 0 Å². The van der Waals surface area contributed by atoms with Crippen LogP contribution in [0.5, 0.6) is 0 Å². The zero-order valence-electron chi connectivity index (χ0n) is 39.1. The molecule has 2 atom stereocenters. The molecule has 2 aliphatic rings. The Morgan fingerprint density at radius 2 is 1.03 bits per heavy atom. The topological polar surface area (TPSA) is 113 Å². The van der Waals surface area contributed by atoms with E-state index in [0.29, 0.717) is 39.8 Å². The third-order valence-electron chi connectivity index (χ3n) is 11.1. The summed E-state index contributed by atoms with van der Waals surface area (Å²) in [5.41, 5.74) is 0.604. The van der Waals surface area contributed by atoms with Gasteiger partial charge in [0.15, 0.2) is 0 Å². The van der Waals surface area contributed by atoms with E-state index < -0.39 is 27.3 Å². The van der Waals surface area contributed by atoms with Crippen molar-refractivity contribution in [2.45, 2.75) is 155 Å². The van der Waals surface area contributed by atoms with Gasteiger partial charge in [0.1, 0.15) is 36.3 Å². The lowest BCUT2D eigenvalue weighted by Crippen LogP contribution is -2.37. The first-order chi connectivity index (χ1) is 29.0. The Kier molecular flexibility index (Phi) is 13.6. The third-order valence-corrected chi connectivity index (χ3v) is 16.7. The van der Waals surface area contributed by atoms with Gasteiger partial charge < -0.3 is 28.1 Å². The number of thiophene rings is 2. The zero-order valence-corrected chi connectivity index (χ0v) is 42.7. The fourth-order valence-electron chi connectivity index (χ4n) is 7.89. The van der Waals surface area contributed by atoms with Crippen LogP contribution in [-0.4, -0.2) is 94.7 Å². The molecule has 2 fully saturated rings. The SMILES string of the molecule is CC(C)(C)OC(=O)N1CCC[C@H]1c1nc(-c2cc3cc4sc(-c5cn(COCC[Si](C)(C)C)c([C@@H]6CCCN6C(=O)OC(C)(C)C)n5)cc4cc3s2)cn1COCC[Si](C)(C)C. The molecule has 12 nitrogen and oxygen atoms in total. The molecule has 0 spiro atoms. The van der Waals surface area contributed by atoms with Crippen LogP contribution in [0.25, 0.3) is 41.3 Å². The maximum atomic E-state index is 13.4. The molecule has 338 valence electrons. The highest BCUT2D eigenvalue weighted by atomic mass is 32.1. The second-order valence-corrected chi connectivity index (χ2v) is 34.8. The second kappa shape index (κ2) is 18.1. The van der Waals surface area contributed by atoms with Crippen molar-refractivity contribution in [3.05, 3.63) is 48.3 Å². The summed E-state index contributed by atoms with van der Waals surface area (Å²) in [6.07, 6.45) is 7.02. The number of imidazole rings is 2. The van der Waals surface area contributed by atoms with E-state index in [1.165, 1.54) is 9.40 Å². The number of likely N-dealkylation sites (tertiary alicyclic amines) is 2. The van der Waals surface area contributed by atoms with E-state index in [1.807, 2.05) is 51.3 Å². The van der Waals surface area contributed by atoms with Crippen molar-refractivity contribution < 1.29 is 28.5 Å². The van der Waals surface area contributed by atoms with Gasteiger partial charge in [-0.1, -0.05) is 39.3 Å². The van der Waals surface area contributed by atoms with Crippen LogP contribution in [0.4, 0.5) is 9.59 Å². The van der Waals surface area contributed by atoms with Gasteiger partial charge in [-0.2, -0.15) is 0 Å². The number of aromatic nitrogens is 4. The summed E-state index contributed by atoms with van der Waals surface area (Å²) in [4.78, 5) is 43.1. The quantitative estimate of drug-likeness (QED) is 0.0799. The van der Waals surface area contributed by atoms with Crippen LogP contribution in [0, 0.1) is 0 Å². The van der Waals surface area contributed by atoms with Crippen molar-refractivity contribution in [3.8, 4) is 21.1 Å². The molecule has 4 aromatic heterocycles. The van der Waals surface area contributed by atoms with Crippen LogP contribution < -0.4 is 0 Å². The molecule has 62 heavy (non-hydrogen) atoms. The molecule has 7 rings (SSSR count). The van der Waals surface area contributed by atoms with Gasteiger partial charge >= 0.3 is 12.2 Å². The molecule has 2 amide bonds. The Morgan fingerprint density at radius 3 is 1.39 bits per heavy atom. The number of ether oxygens (including phenoxy) is 4. The number of fused-ring (bicyclic) bond motifs is 2. The summed E-state index contributed by atoms with van der Waals surface area (Å²) in [6, 6.07) is 10.8. The van der Waals surface area contributed by atoms with Crippen molar-refractivity contribution in [2.24, 2.45) is 0 Å². The van der Waals surface area contributed by atoms with Crippen molar-refractivity contribution in [1.82, 2.24) is 28.9 Å². The minimum absolute atomic E-state index is 0.188. The molecular formula is C46H68N6O6S2Si2. The third kappa shape index (κ3) is 11.6. The molecule has 0 radical (unpaired) electrons. The molecule has 6 heterocycles. The van der Waals surface area contributed by atoms with Crippen molar-refractivity contribution >= 4 is 71.2 Å². The van der Waals surface area contributed by atoms with E-state index in [1.54, 1.807) is 22.7 Å². The highest BCUT2D eigenvalue weighted by Gasteiger charge is 2.38. The lowest BCUT2D eigenvalue weighted by molar-refractivity contribution is 0.0194. The van der Waals surface area contributed by atoms with Gasteiger partial charge in [-0.25, -0.2) is 19.6 Å². The number of amides is 2. The van der Waals surface area contributed by atoms with E-state index in [9.17, 15) is 9.59 Å². The van der Waals surface area contributed by atoms with E-state index in [4.69, 9.17) is 28.9 Å². The molecule has 0 saturated carbocycles. The first-order valence-electron chi connectivity index (χ1n) is 22.3. The summed E-state index contributed by atoms with van der Waals surface area (Å²) in [5, 5.41) is 2.32. The maximum Gasteiger partial charge on any atom is 0.410 e. The van der Waals surface area contributed by atoms with E-state index in [2.05, 4.69) is 85.1 Å². The molecule has 16 heteroatoms. The van der Waals surface area contributed by atoms with Gasteiger partial charge in [-0.05, 0) is 114 Å². The van der Waals surface area contributed by atoms with Crippen LogP contribution in [0.15, 0.2) is 36.7 Å². The van der Waals surface area contributed by atoms with Crippen LogP contribution in [0.1, 0.15) is 91.0 Å². The normalized spacial score (nSPS) is 17.9. The Morgan fingerprint density at radius 1 is 0.645 bits per heavy atom. The molecule has 0 N–H and O–H groups in total. The molecule has 2 saturated heterocycles. The average Bonchev–Trinajstić information content (AvgIpc) is 3.98. The number of benzene rings is 1. The van der Waals surface area contributed by atoms with E-state index in [-0.39, 0.29) is 24.3 Å². The molecule has 0 bridgehead atoms. The molecule has 0 aliphatic carbocycles. The van der Waals surface area contributed by atoms with Crippen LogP contribution in [0.3, 0.4) is 0 Å². The zero-order chi connectivity index (χ0) is 44.8. The fourth-order valence-corrected chi connectivity index (χ4v) is 11.5. The van der Waals surface area contributed by atoms with E-state index >= 15 is 0 Å². The highest BCUT2D eigenvalue weighted by molar-refractivity contribution is 7.23. The highest BCUT2D eigenvalue weighted by Crippen LogP contribution is 2.42. The van der Waals surface area contributed by atoms with Gasteiger partial charge in [-0.15, -0.1) is 22.7 Å². The summed E-state index contributed by atoms with van der Waals surface area (Å²) in [6.45, 7) is 29.0. The molecule has 0 unspecified atom stereocenters. The monoisotopic (exact) mass is 920 g/mol. The maximum absolute atomic E-state index is 13.4. The molecule has 1 aromatic carbocycles. The minimum atomic E-state index is -1.26. The van der Waals surface area contributed by atoms with Crippen molar-refractivity contribution in [1.29, 1.82) is 0 Å². The first kappa shape index (κ1) is 46.4. The molecular weight excluding hydrogens is 853 g/mol. The van der Waals surface area contributed by atoms with Gasteiger partial charge in [0.2, 0.25) is 0 Å². The van der Waals surface area contributed by atoms with Gasteiger partial charge in [0.25, 0.3) is 0 Å². The molecule has 5 aromatic rings. The minimum Gasteiger partial charge on any atom is -0.444 e. The van der Waals surface area contributed by atoms with Gasteiger partial charge in [-0.3, -0.25) is 9.80 Å². The number of hydrogen-bond donors (Lipinski definition) is 0. The number of nitrogens with zero attached hydrogens (tertiary/aromatic N) is 6. The van der Waals surface area contributed by atoms with Gasteiger partial charge in [0.05, 0.1) is 33.2 Å². The summed E-state index contributed by atoms with van der Waals surface area (Å²) < 4.78 is 30.8. The van der Waals surface area contributed by atoms with Crippen LogP contribution >= 0.6 is 22.7 Å². The summed E-state index contributed by atoms with van der Waals surface area (Å²) in [5.74, 6) is 1.68. The summed E-state index contributed by atoms with van der Waals surface area (Å²) in [7, 11) is -2.53. The summed E-state index contributed by atoms with van der Waals surface area (Å²) >= 11 is 3.46. The lowest BCUT2D eigenvalue weighted by atomic mass is 10.2. The lowest BCUT2D eigenvalue weighted by Gasteiger charge is -2.28. The number of hydrogen-bond acceptors (Lipinski definition) is 10. The number of carbonyl (C=O) groups is 2. The van der Waals surface area contributed by atoms with Crippen LogP contribution in [0.2, 0.25) is 51.4 Å². The first-order valence-corrected chi connectivity index (χ1v) is 31.3. The number of rotatable bonds is 14. The van der Waals surface area contributed by atoms with Gasteiger partial charge in [0, 0.05) is 64.2 Å². The largest absolute Gasteiger partial charge is 0.444 e. The second-order valence-electron chi connectivity index (χ2n) is 21.4. The van der Waals surface area contributed by atoms with Crippen molar-refractivity contribution in [2.75, 3.05) is 26.3 Å². The fraction of sp³-hybridized carbons (Fsp3) is 0.609. The van der Waals surface area contributed by atoms with Crippen LogP contribution in [-0.2, 0) is 32.4 Å². The Bertz CT molecular complexity index is 2160.